The minimum Gasteiger partial charge on any atom is -0.359 e. The van der Waals surface area contributed by atoms with Crippen molar-refractivity contribution >= 4 is 0 Å². The zero-order valence-electron chi connectivity index (χ0n) is 7.84. The number of hydrogen-bond donors (Lipinski definition) is 1. The first-order valence-corrected chi connectivity index (χ1v) is 4.73. The minimum atomic E-state index is 0.423. The standard InChI is InChI=1S/C9H19NO2/c1-11-8-12-7-5-9-4-2-3-6-10-9/h9-10H,2-8H2,1H3. The van der Waals surface area contributed by atoms with E-state index in [2.05, 4.69) is 5.32 Å². The maximum Gasteiger partial charge on any atom is 0.146 e. The Morgan fingerprint density at radius 2 is 2.33 bits per heavy atom. The maximum absolute atomic E-state index is 5.22. The Morgan fingerprint density at radius 3 is 3.00 bits per heavy atom. The summed E-state index contributed by atoms with van der Waals surface area (Å²) in [4.78, 5) is 0. The highest BCUT2D eigenvalue weighted by molar-refractivity contribution is 4.71. The molecule has 12 heavy (non-hydrogen) atoms. The van der Waals surface area contributed by atoms with Crippen molar-refractivity contribution in [3.05, 3.63) is 0 Å². The van der Waals surface area contributed by atoms with Crippen LogP contribution in [0.4, 0.5) is 0 Å². The fourth-order valence-electron chi connectivity index (χ4n) is 1.54. The third-order valence-corrected chi connectivity index (χ3v) is 2.22. The van der Waals surface area contributed by atoms with Crippen LogP contribution in [0, 0.1) is 0 Å². The average Bonchev–Trinajstić information content (AvgIpc) is 2.14. The van der Waals surface area contributed by atoms with E-state index >= 15 is 0 Å². The molecule has 0 saturated carbocycles. The molecule has 72 valence electrons. The van der Waals surface area contributed by atoms with Crippen molar-refractivity contribution in [3.63, 3.8) is 0 Å². The largest absolute Gasteiger partial charge is 0.359 e. The number of methoxy groups -OCH3 is 1. The van der Waals surface area contributed by atoms with E-state index in [1.54, 1.807) is 7.11 Å². The van der Waals surface area contributed by atoms with Crippen molar-refractivity contribution in [1.29, 1.82) is 0 Å². The highest BCUT2D eigenvalue weighted by atomic mass is 16.7. The van der Waals surface area contributed by atoms with Gasteiger partial charge in [0.05, 0.1) is 6.61 Å². The highest BCUT2D eigenvalue weighted by Crippen LogP contribution is 2.09. The molecule has 1 atom stereocenters. The third-order valence-electron chi connectivity index (χ3n) is 2.22. The lowest BCUT2D eigenvalue weighted by Crippen LogP contribution is -2.34. The van der Waals surface area contributed by atoms with Crippen molar-refractivity contribution in [2.24, 2.45) is 0 Å². The number of piperidine rings is 1. The molecular formula is C9H19NO2. The lowest BCUT2D eigenvalue weighted by atomic mass is 10.0. The Labute approximate surface area is 74.4 Å². The highest BCUT2D eigenvalue weighted by Gasteiger charge is 2.11. The van der Waals surface area contributed by atoms with Crippen LogP contribution in [0.1, 0.15) is 25.7 Å². The van der Waals surface area contributed by atoms with Crippen molar-refractivity contribution in [2.45, 2.75) is 31.7 Å². The molecule has 0 aromatic rings. The van der Waals surface area contributed by atoms with Gasteiger partial charge in [0, 0.05) is 13.2 Å². The van der Waals surface area contributed by atoms with E-state index in [1.807, 2.05) is 0 Å². The van der Waals surface area contributed by atoms with Gasteiger partial charge in [0.15, 0.2) is 0 Å². The second-order valence-electron chi connectivity index (χ2n) is 3.25. The van der Waals surface area contributed by atoms with Gasteiger partial charge in [0.2, 0.25) is 0 Å². The Hall–Kier alpha value is -0.120. The molecule has 3 nitrogen and oxygen atoms in total. The molecule has 1 rings (SSSR count). The normalized spacial score (nSPS) is 24.2. The van der Waals surface area contributed by atoms with E-state index in [4.69, 9.17) is 9.47 Å². The van der Waals surface area contributed by atoms with Crippen molar-refractivity contribution in [1.82, 2.24) is 5.32 Å². The summed E-state index contributed by atoms with van der Waals surface area (Å²) in [7, 11) is 1.65. The van der Waals surface area contributed by atoms with Crippen LogP contribution in [0.5, 0.6) is 0 Å². The zero-order chi connectivity index (χ0) is 8.65. The van der Waals surface area contributed by atoms with E-state index in [1.165, 1.54) is 25.8 Å². The topological polar surface area (TPSA) is 30.5 Å². The molecule has 0 bridgehead atoms. The molecule has 0 aliphatic carbocycles. The summed E-state index contributed by atoms with van der Waals surface area (Å²) in [5, 5.41) is 3.48. The fourth-order valence-corrected chi connectivity index (χ4v) is 1.54. The first-order chi connectivity index (χ1) is 5.93. The molecule has 3 heteroatoms. The van der Waals surface area contributed by atoms with Crippen LogP contribution in [-0.4, -0.2) is 33.1 Å². The zero-order valence-corrected chi connectivity index (χ0v) is 7.84. The molecule has 1 heterocycles. The second-order valence-corrected chi connectivity index (χ2v) is 3.25. The molecule has 1 N–H and O–H groups in total. The van der Waals surface area contributed by atoms with Crippen molar-refractivity contribution < 1.29 is 9.47 Å². The van der Waals surface area contributed by atoms with Gasteiger partial charge >= 0.3 is 0 Å². The Bertz CT molecular complexity index is 103. The predicted molar refractivity (Wildman–Crippen MR) is 48.1 cm³/mol. The van der Waals surface area contributed by atoms with E-state index in [9.17, 15) is 0 Å². The van der Waals surface area contributed by atoms with E-state index in [-0.39, 0.29) is 0 Å². The first-order valence-electron chi connectivity index (χ1n) is 4.73. The summed E-state index contributed by atoms with van der Waals surface area (Å²) in [5.74, 6) is 0. The molecule has 1 fully saturated rings. The van der Waals surface area contributed by atoms with Crippen LogP contribution in [-0.2, 0) is 9.47 Å². The van der Waals surface area contributed by atoms with Gasteiger partial charge in [-0.25, -0.2) is 0 Å². The van der Waals surface area contributed by atoms with Crippen LogP contribution in [0.25, 0.3) is 0 Å². The van der Waals surface area contributed by atoms with Gasteiger partial charge in [-0.1, -0.05) is 6.42 Å². The van der Waals surface area contributed by atoms with Gasteiger partial charge in [0.1, 0.15) is 6.79 Å². The number of ether oxygens (including phenoxy) is 2. The van der Waals surface area contributed by atoms with Crippen LogP contribution in [0.2, 0.25) is 0 Å². The molecule has 0 aromatic heterocycles. The first kappa shape index (κ1) is 9.96. The smallest absolute Gasteiger partial charge is 0.146 e. The van der Waals surface area contributed by atoms with Crippen LogP contribution >= 0.6 is 0 Å². The third kappa shape index (κ3) is 4.04. The van der Waals surface area contributed by atoms with Crippen LogP contribution < -0.4 is 5.32 Å². The van der Waals surface area contributed by atoms with Gasteiger partial charge in [-0.3, -0.25) is 0 Å². The number of rotatable bonds is 5. The van der Waals surface area contributed by atoms with Crippen LogP contribution in [0.15, 0.2) is 0 Å². The lowest BCUT2D eigenvalue weighted by Gasteiger charge is -2.23. The van der Waals surface area contributed by atoms with Crippen molar-refractivity contribution in [2.75, 3.05) is 27.1 Å². The Balaban J connectivity index is 1.91. The summed E-state index contributed by atoms with van der Waals surface area (Å²) >= 11 is 0. The summed E-state index contributed by atoms with van der Waals surface area (Å²) in [6.07, 6.45) is 5.11. The van der Waals surface area contributed by atoms with Gasteiger partial charge in [0.25, 0.3) is 0 Å². The molecular weight excluding hydrogens is 154 g/mol. The number of hydrogen-bond acceptors (Lipinski definition) is 3. The second kappa shape index (κ2) is 6.40. The summed E-state index contributed by atoms with van der Waals surface area (Å²) < 4.78 is 10.0. The van der Waals surface area contributed by atoms with Gasteiger partial charge in [-0.2, -0.15) is 0 Å². The molecule has 1 aliphatic heterocycles. The number of nitrogens with one attached hydrogen (secondary N) is 1. The lowest BCUT2D eigenvalue weighted by molar-refractivity contribution is -0.0335. The van der Waals surface area contributed by atoms with E-state index < -0.39 is 0 Å². The van der Waals surface area contributed by atoms with E-state index in [0.717, 1.165) is 13.0 Å². The predicted octanol–water partition coefficient (Wildman–Crippen LogP) is 1.14. The van der Waals surface area contributed by atoms with Gasteiger partial charge in [-0.15, -0.1) is 0 Å². The van der Waals surface area contributed by atoms with Crippen molar-refractivity contribution in [3.8, 4) is 0 Å². The monoisotopic (exact) mass is 173 g/mol. The molecule has 1 saturated heterocycles. The average molecular weight is 173 g/mol. The molecule has 0 aromatic carbocycles. The SMILES string of the molecule is COCOCCC1CCCCN1. The molecule has 0 amide bonds. The quantitative estimate of drug-likeness (QED) is 0.499. The molecule has 1 unspecified atom stereocenters. The maximum atomic E-state index is 5.22. The summed E-state index contributed by atoms with van der Waals surface area (Å²) in [5.41, 5.74) is 0. The minimum absolute atomic E-state index is 0.423. The summed E-state index contributed by atoms with van der Waals surface area (Å²) in [6, 6.07) is 0.676. The Morgan fingerprint density at radius 1 is 1.42 bits per heavy atom. The fraction of sp³-hybridized carbons (Fsp3) is 1.00. The van der Waals surface area contributed by atoms with E-state index in [0.29, 0.717) is 12.8 Å². The molecule has 0 radical (unpaired) electrons. The Kier molecular flexibility index (Phi) is 5.32. The molecule has 0 spiro atoms. The van der Waals surface area contributed by atoms with Gasteiger partial charge < -0.3 is 14.8 Å². The summed E-state index contributed by atoms with van der Waals surface area (Å²) in [6.45, 7) is 2.41. The van der Waals surface area contributed by atoms with Gasteiger partial charge in [-0.05, 0) is 25.8 Å². The molecule has 1 aliphatic rings. The van der Waals surface area contributed by atoms with Crippen LogP contribution in [0.3, 0.4) is 0 Å².